The van der Waals surface area contributed by atoms with Gasteiger partial charge in [-0.25, -0.2) is 8.42 Å². The average Bonchev–Trinajstić information content (AvgIpc) is 2.38. The fourth-order valence-electron chi connectivity index (χ4n) is 2.21. The summed E-state index contributed by atoms with van der Waals surface area (Å²) in [5.74, 6) is -0.616. The molecule has 0 atom stereocenters. The minimum atomic E-state index is -4.84. The first-order chi connectivity index (χ1) is 9.23. The summed E-state index contributed by atoms with van der Waals surface area (Å²) >= 11 is 0. The first kappa shape index (κ1) is 15.1. The topological polar surface area (TPSA) is 57.6 Å². The number of hydrogen-bond donors (Lipinski definition) is 1. The Kier molecular flexibility index (Phi) is 3.97. The van der Waals surface area contributed by atoms with E-state index >= 15 is 0 Å². The third kappa shape index (κ3) is 2.90. The molecular formula is C12H14F3NO3S. The van der Waals surface area contributed by atoms with Gasteiger partial charge in [0.05, 0.1) is 10.5 Å². The van der Waals surface area contributed by atoms with Crippen molar-refractivity contribution in [1.29, 1.82) is 0 Å². The van der Waals surface area contributed by atoms with Crippen molar-refractivity contribution in [3.05, 3.63) is 23.8 Å². The molecule has 0 radical (unpaired) electrons. The molecule has 1 aromatic carbocycles. The molecule has 1 N–H and O–H groups in total. The molecular weight excluding hydrogens is 295 g/mol. The second-order valence-electron chi connectivity index (χ2n) is 4.64. The molecule has 1 aliphatic heterocycles. The number of phenolic OH excluding ortho intramolecular Hbond substituents is 1. The van der Waals surface area contributed by atoms with Crippen molar-refractivity contribution in [2.24, 2.45) is 0 Å². The zero-order chi connectivity index (χ0) is 15.0. The summed E-state index contributed by atoms with van der Waals surface area (Å²) in [6.07, 6.45) is -2.69. The Morgan fingerprint density at radius 3 is 2.25 bits per heavy atom. The normalized spacial score (nSPS) is 18.1. The van der Waals surface area contributed by atoms with Crippen molar-refractivity contribution in [3.63, 3.8) is 0 Å². The van der Waals surface area contributed by atoms with Crippen molar-refractivity contribution in [2.45, 2.75) is 30.3 Å². The smallest absolute Gasteiger partial charge is 0.417 e. The first-order valence-electron chi connectivity index (χ1n) is 6.13. The third-order valence-corrected chi connectivity index (χ3v) is 5.16. The second-order valence-corrected chi connectivity index (χ2v) is 6.55. The molecule has 1 saturated heterocycles. The Balaban J connectivity index is 2.51. The molecule has 1 aromatic rings. The lowest BCUT2D eigenvalue weighted by atomic mass is 10.2. The maximum atomic E-state index is 12.9. The maximum absolute atomic E-state index is 12.9. The minimum absolute atomic E-state index is 0.223. The summed E-state index contributed by atoms with van der Waals surface area (Å²) in [5, 5.41) is 9.17. The molecule has 0 aromatic heterocycles. The van der Waals surface area contributed by atoms with Gasteiger partial charge in [0.2, 0.25) is 10.0 Å². The lowest BCUT2D eigenvalue weighted by Crippen LogP contribution is -2.36. The number of sulfonamides is 1. The highest BCUT2D eigenvalue weighted by molar-refractivity contribution is 7.89. The van der Waals surface area contributed by atoms with E-state index in [9.17, 15) is 21.6 Å². The van der Waals surface area contributed by atoms with Crippen LogP contribution in [-0.4, -0.2) is 30.9 Å². The zero-order valence-electron chi connectivity index (χ0n) is 10.5. The van der Waals surface area contributed by atoms with Crippen LogP contribution in [0.2, 0.25) is 0 Å². The van der Waals surface area contributed by atoms with Gasteiger partial charge < -0.3 is 5.11 Å². The number of nitrogens with zero attached hydrogens (tertiary/aromatic N) is 1. The van der Waals surface area contributed by atoms with Gasteiger partial charge >= 0.3 is 6.18 Å². The summed E-state index contributed by atoms with van der Waals surface area (Å²) in [4.78, 5) is -0.801. The van der Waals surface area contributed by atoms with Crippen molar-refractivity contribution >= 4 is 10.0 Å². The van der Waals surface area contributed by atoms with Gasteiger partial charge in [-0.1, -0.05) is 6.42 Å². The van der Waals surface area contributed by atoms with Crippen LogP contribution < -0.4 is 0 Å². The van der Waals surface area contributed by atoms with Gasteiger partial charge in [-0.05, 0) is 31.0 Å². The quantitative estimate of drug-likeness (QED) is 0.913. The molecule has 0 aliphatic carbocycles. The number of benzene rings is 1. The Bertz CT molecular complexity index is 592. The first-order valence-corrected chi connectivity index (χ1v) is 7.57. The monoisotopic (exact) mass is 309 g/mol. The van der Waals surface area contributed by atoms with Gasteiger partial charge in [-0.15, -0.1) is 0 Å². The van der Waals surface area contributed by atoms with E-state index in [2.05, 4.69) is 0 Å². The summed E-state index contributed by atoms with van der Waals surface area (Å²) in [6.45, 7) is 0.445. The fraction of sp³-hybridized carbons (Fsp3) is 0.500. The average molecular weight is 309 g/mol. The summed E-state index contributed by atoms with van der Waals surface area (Å²) < 4.78 is 64.5. The van der Waals surface area contributed by atoms with Crippen LogP contribution in [0.4, 0.5) is 13.2 Å². The highest BCUT2D eigenvalue weighted by Crippen LogP contribution is 2.37. The Morgan fingerprint density at radius 1 is 1.10 bits per heavy atom. The number of halogens is 3. The summed E-state index contributed by atoms with van der Waals surface area (Å²) in [5.41, 5.74) is -1.33. The standard InChI is InChI=1S/C12H14F3NO3S/c13-12(14,15)10-8-9(17)4-5-11(10)20(18,19)16-6-2-1-3-7-16/h4-5,8,17H,1-3,6-7H2. The highest BCUT2D eigenvalue weighted by atomic mass is 32.2. The zero-order valence-corrected chi connectivity index (χ0v) is 11.3. The van der Waals surface area contributed by atoms with Crippen LogP contribution in [0.5, 0.6) is 5.75 Å². The van der Waals surface area contributed by atoms with Crippen LogP contribution in [-0.2, 0) is 16.2 Å². The van der Waals surface area contributed by atoms with E-state index in [-0.39, 0.29) is 13.1 Å². The largest absolute Gasteiger partial charge is 0.508 e. The molecule has 1 fully saturated rings. The molecule has 0 unspecified atom stereocenters. The third-order valence-electron chi connectivity index (χ3n) is 3.20. The number of rotatable bonds is 2. The molecule has 2 rings (SSSR count). The number of hydrogen-bond acceptors (Lipinski definition) is 3. The van der Waals surface area contributed by atoms with Gasteiger partial charge in [0.1, 0.15) is 5.75 Å². The summed E-state index contributed by atoms with van der Waals surface area (Å²) in [7, 11) is -4.19. The lowest BCUT2D eigenvalue weighted by Gasteiger charge is -2.27. The maximum Gasteiger partial charge on any atom is 0.417 e. The number of piperidine rings is 1. The molecule has 0 amide bonds. The number of phenols is 1. The highest BCUT2D eigenvalue weighted by Gasteiger charge is 2.39. The molecule has 112 valence electrons. The molecule has 20 heavy (non-hydrogen) atoms. The van der Waals surface area contributed by atoms with Crippen LogP contribution in [0.3, 0.4) is 0 Å². The lowest BCUT2D eigenvalue weighted by molar-refractivity contribution is -0.140. The van der Waals surface area contributed by atoms with Crippen LogP contribution >= 0.6 is 0 Å². The molecule has 0 spiro atoms. The second kappa shape index (κ2) is 5.25. The number of alkyl halides is 3. The molecule has 1 aliphatic rings. The molecule has 1 heterocycles. The Hall–Kier alpha value is -1.28. The molecule has 0 bridgehead atoms. The van der Waals surface area contributed by atoms with E-state index in [0.717, 1.165) is 22.9 Å². The van der Waals surface area contributed by atoms with Gasteiger partial charge in [-0.2, -0.15) is 17.5 Å². The van der Waals surface area contributed by atoms with Crippen LogP contribution in [0.25, 0.3) is 0 Å². The van der Waals surface area contributed by atoms with Gasteiger partial charge in [0, 0.05) is 13.1 Å². The van der Waals surface area contributed by atoms with Gasteiger partial charge in [0.25, 0.3) is 0 Å². The van der Waals surface area contributed by atoms with E-state index < -0.39 is 32.4 Å². The van der Waals surface area contributed by atoms with Crippen LogP contribution in [0.15, 0.2) is 23.1 Å². The SMILES string of the molecule is O=S(=O)(c1ccc(O)cc1C(F)(F)F)N1CCCCC1. The van der Waals surface area contributed by atoms with E-state index in [4.69, 9.17) is 5.11 Å². The van der Waals surface area contributed by atoms with E-state index in [0.29, 0.717) is 18.9 Å². The van der Waals surface area contributed by atoms with Crippen molar-refractivity contribution in [3.8, 4) is 5.75 Å². The van der Waals surface area contributed by atoms with Crippen molar-refractivity contribution in [2.75, 3.05) is 13.1 Å². The van der Waals surface area contributed by atoms with Crippen molar-refractivity contribution in [1.82, 2.24) is 4.31 Å². The predicted molar refractivity (Wildman–Crippen MR) is 65.7 cm³/mol. The van der Waals surface area contributed by atoms with Gasteiger partial charge in [0.15, 0.2) is 0 Å². The van der Waals surface area contributed by atoms with E-state index in [1.165, 1.54) is 0 Å². The Labute approximate surface area is 114 Å². The molecule has 0 saturated carbocycles. The van der Waals surface area contributed by atoms with E-state index in [1.54, 1.807) is 0 Å². The van der Waals surface area contributed by atoms with Gasteiger partial charge in [-0.3, -0.25) is 0 Å². The minimum Gasteiger partial charge on any atom is -0.508 e. The van der Waals surface area contributed by atoms with Crippen LogP contribution in [0, 0.1) is 0 Å². The fourth-order valence-corrected chi connectivity index (χ4v) is 3.92. The predicted octanol–water partition coefficient (Wildman–Crippen LogP) is 2.59. The summed E-state index contributed by atoms with van der Waals surface area (Å²) in [6, 6.07) is 2.20. The number of aromatic hydroxyl groups is 1. The van der Waals surface area contributed by atoms with E-state index in [1.807, 2.05) is 0 Å². The Morgan fingerprint density at radius 2 is 1.70 bits per heavy atom. The van der Waals surface area contributed by atoms with Crippen LogP contribution in [0.1, 0.15) is 24.8 Å². The molecule has 8 heteroatoms. The molecule has 4 nitrogen and oxygen atoms in total. The van der Waals surface area contributed by atoms with Crippen molar-refractivity contribution < 1.29 is 26.7 Å².